The second-order valence-corrected chi connectivity index (χ2v) is 4.88. The van der Waals surface area contributed by atoms with Crippen LogP contribution in [0.2, 0.25) is 0 Å². The van der Waals surface area contributed by atoms with Gasteiger partial charge < -0.3 is 14.6 Å². The minimum Gasteiger partial charge on any atom is -0.493 e. The normalized spacial score (nSPS) is 17.1. The predicted octanol–water partition coefficient (Wildman–Crippen LogP) is 2.59. The molecule has 0 unspecified atom stereocenters. The Bertz CT molecular complexity index is 452. The summed E-state index contributed by atoms with van der Waals surface area (Å²) in [6.45, 7) is 4.34. The second kappa shape index (κ2) is 5.89. The van der Waals surface area contributed by atoms with Crippen LogP contribution in [0.1, 0.15) is 18.9 Å². The van der Waals surface area contributed by atoms with Gasteiger partial charge in [0.2, 0.25) is 0 Å². The van der Waals surface area contributed by atoms with Gasteiger partial charge >= 0.3 is 5.97 Å². The second-order valence-electron chi connectivity index (χ2n) is 4.88. The van der Waals surface area contributed by atoms with E-state index in [-0.39, 0.29) is 5.41 Å². The fourth-order valence-electron chi connectivity index (χ4n) is 1.86. The standard InChI is InChI=1S/C15H18O4/c1-2-15(9-18-10-15)11-19-13-6-3-12(4-7-13)5-8-14(16)17/h3-8H,2,9-11H2,1H3,(H,16,17). The summed E-state index contributed by atoms with van der Waals surface area (Å²) >= 11 is 0. The molecule has 1 aromatic carbocycles. The average molecular weight is 262 g/mol. The molecule has 0 bridgehead atoms. The van der Waals surface area contributed by atoms with Crippen LogP contribution in [0.5, 0.6) is 5.75 Å². The van der Waals surface area contributed by atoms with E-state index in [0.717, 1.165) is 37.0 Å². The monoisotopic (exact) mass is 262 g/mol. The Kier molecular flexibility index (Phi) is 4.22. The number of ether oxygens (including phenoxy) is 2. The number of hydrogen-bond acceptors (Lipinski definition) is 3. The number of carbonyl (C=O) groups is 1. The van der Waals surface area contributed by atoms with Gasteiger partial charge in [-0.3, -0.25) is 0 Å². The molecule has 19 heavy (non-hydrogen) atoms. The van der Waals surface area contributed by atoms with E-state index in [2.05, 4.69) is 6.92 Å². The van der Waals surface area contributed by atoms with Gasteiger partial charge in [-0.15, -0.1) is 0 Å². The Labute approximate surface area is 112 Å². The van der Waals surface area contributed by atoms with Crippen molar-refractivity contribution in [3.8, 4) is 5.75 Å². The van der Waals surface area contributed by atoms with Crippen molar-refractivity contribution < 1.29 is 19.4 Å². The van der Waals surface area contributed by atoms with Gasteiger partial charge in [0.1, 0.15) is 5.75 Å². The molecule has 0 aromatic heterocycles. The minimum absolute atomic E-state index is 0.169. The van der Waals surface area contributed by atoms with Crippen LogP contribution in [-0.4, -0.2) is 30.9 Å². The molecule has 1 heterocycles. The van der Waals surface area contributed by atoms with Crippen LogP contribution in [0.3, 0.4) is 0 Å². The van der Waals surface area contributed by atoms with Crippen molar-refractivity contribution in [2.45, 2.75) is 13.3 Å². The Morgan fingerprint density at radius 1 is 1.42 bits per heavy atom. The summed E-state index contributed by atoms with van der Waals surface area (Å²) in [5.41, 5.74) is 1.01. The Balaban J connectivity index is 1.90. The lowest BCUT2D eigenvalue weighted by molar-refractivity contribution is -0.133. The maximum Gasteiger partial charge on any atom is 0.328 e. The molecular weight excluding hydrogens is 244 g/mol. The Morgan fingerprint density at radius 2 is 2.11 bits per heavy atom. The lowest BCUT2D eigenvalue weighted by atomic mass is 9.84. The number of carboxylic acid groups (broad SMARTS) is 1. The fourth-order valence-corrected chi connectivity index (χ4v) is 1.86. The lowest BCUT2D eigenvalue weighted by Gasteiger charge is -2.40. The highest BCUT2D eigenvalue weighted by Crippen LogP contribution is 2.31. The van der Waals surface area contributed by atoms with Gasteiger partial charge in [-0.2, -0.15) is 0 Å². The summed E-state index contributed by atoms with van der Waals surface area (Å²) in [5, 5.41) is 8.54. The van der Waals surface area contributed by atoms with E-state index in [0.29, 0.717) is 6.61 Å². The van der Waals surface area contributed by atoms with Crippen LogP contribution in [-0.2, 0) is 9.53 Å². The maximum atomic E-state index is 10.4. The van der Waals surface area contributed by atoms with E-state index in [4.69, 9.17) is 14.6 Å². The molecule has 1 aliphatic heterocycles. The molecule has 0 spiro atoms. The van der Waals surface area contributed by atoms with E-state index in [1.165, 1.54) is 0 Å². The lowest BCUT2D eigenvalue weighted by Crippen LogP contribution is -2.46. The summed E-state index contributed by atoms with van der Waals surface area (Å²) in [6.07, 6.45) is 3.72. The molecule has 102 valence electrons. The molecule has 0 atom stereocenters. The van der Waals surface area contributed by atoms with E-state index in [9.17, 15) is 4.79 Å². The van der Waals surface area contributed by atoms with Crippen molar-refractivity contribution in [3.63, 3.8) is 0 Å². The van der Waals surface area contributed by atoms with Gasteiger partial charge in [0.15, 0.2) is 0 Å². The molecule has 0 aliphatic carbocycles. The topological polar surface area (TPSA) is 55.8 Å². The molecule has 1 aliphatic rings. The number of hydrogen-bond donors (Lipinski definition) is 1. The van der Waals surface area contributed by atoms with Crippen LogP contribution >= 0.6 is 0 Å². The molecule has 1 fully saturated rings. The summed E-state index contributed by atoms with van der Waals surface area (Å²) in [6, 6.07) is 7.38. The van der Waals surface area contributed by atoms with Crippen molar-refractivity contribution >= 4 is 12.0 Å². The van der Waals surface area contributed by atoms with Crippen LogP contribution in [0.25, 0.3) is 6.08 Å². The quantitative estimate of drug-likeness (QED) is 0.801. The van der Waals surface area contributed by atoms with E-state index >= 15 is 0 Å². The zero-order chi connectivity index (χ0) is 13.7. The van der Waals surface area contributed by atoms with Crippen molar-refractivity contribution in [2.24, 2.45) is 5.41 Å². The smallest absolute Gasteiger partial charge is 0.328 e. The molecule has 1 aromatic rings. The molecule has 0 saturated carbocycles. The van der Waals surface area contributed by atoms with Gasteiger partial charge in [-0.1, -0.05) is 19.1 Å². The summed E-state index contributed by atoms with van der Waals surface area (Å²) in [4.78, 5) is 10.4. The molecule has 0 radical (unpaired) electrons. The third-order valence-electron chi connectivity index (χ3n) is 3.41. The first-order chi connectivity index (χ1) is 9.13. The zero-order valence-corrected chi connectivity index (χ0v) is 11.0. The molecule has 2 rings (SSSR count). The Morgan fingerprint density at radius 3 is 2.58 bits per heavy atom. The average Bonchev–Trinajstić information content (AvgIpc) is 2.37. The van der Waals surface area contributed by atoms with Crippen LogP contribution in [0.15, 0.2) is 30.3 Å². The van der Waals surface area contributed by atoms with Crippen LogP contribution in [0.4, 0.5) is 0 Å². The SMILES string of the molecule is CCC1(COc2ccc(C=CC(=O)O)cc2)COC1. The first-order valence-electron chi connectivity index (χ1n) is 6.35. The van der Waals surface area contributed by atoms with Crippen molar-refractivity contribution in [3.05, 3.63) is 35.9 Å². The first kappa shape index (κ1) is 13.6. The molecular formula is C15H18O4. The van der Waals surface area contributed by atoms with Gasteiger partial charge in [-0.25, -0.2) is 4.79 Å². The van der Waals surface area contributed by atoms with Crippen LogP contribution < -0.4 is 4.74 Å². The Hall–Kier alpha value is -1.81. The number of aliphatic carboxylic acids is 1. The summed E-state index contributed by atoms with van der Waals surface area (Å²) in [5.74, 6) is -0.151. The number of carboxylic acids is 1. The van der Waals surface area contributed by atoms with E-state index in [1.54, 1.807) is 6.08 Å². The highest BCUT2D eigenvalue weighted by atomic mass is 16.5. The van der Waals surface area contributed by atoms with Crippen molar-refractivity contribution in [1.82, 2.24) is 0 Å². The highest BCUT2D eigenvalue weighted by molar-refractivity contribution is 5.85. The summed E-state index contributed by atoms with van der Waals surface area (Å²) in [7, 11) is 0. The highest BCUT2D eigenvalue weighted by Gasteiger charge is 2.37. The molecule has 4 heteroatoms. The third kappa shape index (κ3) is 3.58. The van der Waals surface area contributed by atoms with Gasteiger partial charge in [0.05, 0.1) is 25.2 Å². The van der Waals surface area contributed by atoms with Crippen LogP contribution in [0, 0.1) is 5.41 Å². The molecule has 4 nitrogen and oxygen atoms in total. The fraction of sp³-hybridized carbons (Fsp3) is 0.400. The predicted molar refractivity (Wildman–Crippen MR) is 72.1 cm³/mol. The number of rotatable bonds is 6. The van der Waals surface area contributed by atoms with Crippen molar-refractivity contribution in [1.29, 1.82) is 0 Å². The maximum absolute atomic E-state index is 10.4. The van der Waals surface area contributed by atoms with Gasteiger partial charge in [0.25, 0.3) is 0 Å². The summed E-state index contributed by atoms with van der Waals surface area (Å²) < 4.78 is 11.0. The van der Waals surface area contributed by atoms with Gasteiger partial charge in [-0.05, 0) is 30.2 Å². The third-order valence-corrected chi connectivity index (χ3v) is 3.41. The molecule has 1 N–H and O–H groups in total. The molecule has 1 saturated heterocycles. The first-order valence-corrected chi connectivity index (χ1v) is 6.35. The number of benzene rings is 1. The minimum atomic E-state index is -0.949. The largest absolute Gasteiger partial charge is 0.493 e. The molecule has 0 amide bonds. The van der Waals surface area contributed by atoms with E-state index in [1.807, 2.05) is 24.3 Å². The van der Waals surface area contributed by atoms with Gasteiger partial charge in [0, 0.05) is 6.08 Å². The van der Waals surface area contributed by atoms with Crippen molar-refractivity contribution in [2.75, 3.05) is 19.8 Å². The zero-order valence-electron chi connectivity index (χ0n) is 11.0. The van der Waals surface area contributed by atoms with E-state index < -0.39 is 5.97 Å².